The molecule has 0 saturated carbocycles. The van der Waals surface area contributed by atoms with Crippen LogP contribution in [-0.2, 0) is 19.1 Å². The van der Waals surface area contributed by atoms with E-state index in [9.17, 15) is 9.59 Å². The molecular weight excluding hydrogens is 371 g/mol. The van der Waals surface area contributed by atoms with Gasteiger partial charge in [0.1, 0.15) is 0 Å². The summed E-state index contributed by atoms with van der Waals surface area (Å²) in [5.41, 5.74) is -1.40. The second-order valence-corrected chi connectivity index (χ2v) is 7.78. The molecule has 5 heteroatoms. The third kappa shape index (κ3) is 5.36. The maximum absolute atomic E-state index is 12.6. The Morgan fingerprint density at radius 1 is 1.12 bits per heavy atom. The number of carbonyl (C=O) groups is 2. The van der Waals surface area contributed by atoms with Gasteiger partial charge in [-0.15, -0.1) is 0 Å². The van der Waals surface area contributed by atoms with E-state index in [2.05, 4.69) is 13.2 Å². The van der Waals surface area contributed by atoms with Gasteiger partial charge in [-0.3, -0.25) is 0 Å². The second kappa shape index (κ2) is 10.1. The van der Waals surface area contributed by atoms with E-state index in [4.69, 9.17) is 9.47 Å². The number of allylic oxidation sites excluding steroid dienone is 2. The molecule has 1 rings (SSSR count). The standard InChI is InChI=1S/C19H24O4Se/c1-5-13-19(17(20)22-6-2,18(21)23-7-3)14-15(4)24-16-11-9-8-10-12-16/h5,8-12H,1,4,6-7,13-14H2,2-3H3. The minimum absolute atomic E-state index is 0.0489. The van der Waals surface area contributed by atoms with Crippen molar-refractivity contribution in [3.63, 3.8) is 0 Å². The summed E-state index contributed by atoms with van der Waals surface area (Å²) >= 11 is -0.0489. The van der Waals surface area contributed by atoms with E-state index in [-0.39, 0.29) is 41.0 Å². The summed E-state index contributed by atoms with van der Waals surface area (Å²) < 4.78 is 12.3. The summed E-state index contributed by atoms with van der Waals surface area (Å²) in [4.78, 5) is 25.1. The average molecular weight is 395 g/mol. The molecule has 0 heterocycles. The number of esters is 2. The van der Waals surface area contributed by atoms with Gasteiger partial charge in [0.05, 0.1) is 0 Å². The molecule has 0 spiro atoms. The summed E-state index contributed by atoms with van der Waals surface area (Å²) in [7, 11) is 0. The molecule has 0 unspecified atom stereocenters. The molecule has 0 N–H and O–H groups in total. The van der Waals surface area contributed by atoms with Gasteiger partial charge in [-0.25, -0.2) is 0 Å². The summed E-state index contributed by atoms with van der Waals surface area (Å²) in [6.07, 6.45) is 1.91. The van der Waals surface area contributed by atoms with Crippen LogP contribution in [0.4, 0.5) is 0 Å². The van der Waals surface area contributed by atoms with Crippen LogP contribution in [0.1, 0.15) is 26.7 Å². The van der Waals surface area contributed by atoms with E-state index in [0.29, 0.717) is 0 Å². The topological polar surface area (TPSA) is 52.6 Å². The van der Waals surface area contributed by atoms with Crippen LogP contribution in [0.15, 0.2) is 54.0 Å². The van der Waals surface area contributed by atoms with Crippen molar-refractivity contribution < 1.29 is 19.1 Å². The Morgan fingerprint density at radius 2 is 1.67 bits per heavy atom. The Bertz CT molecular complexity index is 562. The van der Waals surface area contributed by atoms with Gasteiger partial charge < -0.3 is 0 Å². The Labute approximate surface area is 150 Å². The van der Waals surface area contributed by atoms with Crippen LogP contribution in [0.3, 0.4) is 0 Å². The van der Waals surface area contributed by atoms with Crippen molar-refractivity contribution in [2.75, 3.05) is 13.2 Å². The SMILES string of the molecule is C=CCC(CC(=C)[Se]c1ccccc1)(C(=O)OCC)C(=O)OCC. The van der Waals surface area contributed by atoms with Crippen LogP contribution in [-0.4, -0.2) is 40.1 Å². The van der Waals surface area contributed by atoms with E-state index in [0.717, 1.165) is 8.93 Å². The van der Waals surface area contributed by atoms with Crippen LogP contribution in [0.5, 0.6) is 0 Å². The van der Waals surface area contributed by atoms with E-state index in [1.807, 2.05) is 30.3 Å². The summed E-state index contributed by atoms with van der Waals surface area (Å²) in [6.45, 7) is 11.6. The normalized spacial score (nSPS) is 10.8. The number of carbonyl (C=O) groups excluding carboxylic acids is 2. The van der Waals surface area contributed by atoms with Gasteiger partial charge in [0.25, 0.3) is 0 Å². The Kier molecular flexibility index (Phi) is 8.51. The van der Waals surface area contributed by atoms with Crippen molar-refractivity contribution in [3.05, 3.63) is 54.0 Å². The molecule has 0 saturated heterocycles. The summed E-state index contributed by atoms with van der Waals surface area (Å²) in [5.74, 6) is -1.15. The zero-order valence-electron chi connectivity index (χ0n) is 14.2. The van der Waals surface area contributed by atoms with Crippen LogP contribution >= 0.6 is 0 Å². The fraction of sp³-hybridized carbons (Fsp3) is 0.368. The molecule has 0 atom stereocenters. The molecule has 0 radical (unpaired) electrons. The fourth-order valence-corrected chi connectivity index (χ4v) is 4.26. The molecule has 24 heavy (non-hydrogen) atoms. The molecule has 4 nitrogen and oxygen atoms in total. The number of hydrogen-bond donors (Lipinski definition) is 0. The summed E-state index contributed by atoms with van der Waals surface area (Å²) in [6, 6.07) is 9.88. The van der Waals surface area contributed by atoms with Crippen LogP contribution in [0, 0.1) is 5.41 Å². The van der Waals surface area contributed by atoms with Gasteiger partial charge in [0.15, 0.2) is 0 Å². The van der Waals surface area contributed by atoms with E-state index in [1.54, 1.807) is 19.9 Å². The second-order valence-electron chi connectivity index (χ2n) is 5.15. The van der Waals surface area contributed by atoms with E-state index in [1.165, 1.54) is 0 Å². The fourth-order valence-electron chi connectivity index (χ4n) is 2.28. The van der Waals surface area contributed by atoms with Crippen LogP contribution in [0.2, 0.25) is 0 Å². The maximum atomic E-state index is 12.6. The molecule has 0 aliphatic rings. The Balaban J connectivity index is 3.05. The van der Waals surface area contributed by atoms with Crippen molar-refractivity contribution in [1.29, 1.82) is 0 Å². The zero-order chi connectivity index (χ0) is 18.0. The predicted molar refractivity (Wildman–Crippen MR) is 96.1 cm³/mol. The van der Waals surface area contributed by atoms with E-state index < -0.39 is 17.4 Å². The first-order chi connectivity index (χ1) is 11.5. The summed E-state index contributed by atoms with van der Waals surface area (Å²) in [5, 5.41) is 0. The van der Waals surface area contributed by atoms with E-state index >= 15 is 0 Å². The first-order valence-electron chi connectivity index (χ1n) is 7.86. The van der Waals surface area contributed by atoms with Crippen LogP contribution < -0.4 is 4.46 Å². The van der Waals surface area contributed by atoms with Gasteiger partial charge in [-0.1, -0.05) is 0 Å². The Morgan fingerprint density at radius 3 is 2.12 bits per heavy atom. The average Bonchev–Trinajstić information content (AvgIpc) is 2.55. The first-order valence-corrected chi connectivity index (χ1v) is 9.57. The zero-order valence-corrected chi connectivity index (χ0v) is 16.0. The van der Waals surface area contributed by atoms with Crippen molar-refractivity contribution in [3.8, 4) is 0 Å². The molecule has 1 aromatic rings. The molecule has 0 bridgehead atoms. The molecule has 0 aliphatic heterocycles. The minimum atomic E-state index is -1.40. The number of hydrogen-bond acceptors (Lipinski definition) is 4. The predicted octanol–water partition coefficient (Wildman–Crippen LogP) is 2.61. The van der Waals surface area contributed by atoms with Crippen molar-refractivity contribution >= 4 is 31.4 Å². The molecule has 130 valence electrons. The molecule has 1 aromatic carbocycles. The first kappa shape index (κ1) is 20.2. The third-order valence-electron chi connectivity index (χ3n) is 3.33. The van der Waals surface area contributed by atoms with Crippen LogP contribution in [0.25, 0.3) is 0 Å². The third-order valence-corrected chi connectivity index (χ3v) is 5.30. The molecule has 0 aromatic heterocycles. The van der Waals surface area contributed by atoms with Gasteiger partial charge in [0.2, 0.25) is 0 Å². The molecule has 0 fully saturated rings. The van der Waals surface area contributed by atoms with Gasteiger partial charge in [-0.2, -0.15) is 0 Å². The molecule has 0 amide bonds. The van der Waals surface area contributed by atoms with Gasteiger partial charge >= 0.3 is 150 Å². The molecular formula is C19H24O4Se. The monoisotopic (exact) mass is 396 g/mol. The van der Waals surface area contributed by atoms with Crippen molar-refractivity contribution in [1.82, 2.24) is 0 Å². The van der Waals surface area contributed by atoms with Crippen molar-refractivity contribution in [2.24, 2.45) is 5.41 Å². The van der Waals surface area contributed by atoms with Crippen molar-refractivity contribution in [2.45, 2.75) is 26.7 Å². The number of ether oxygens (including phenoxy) is 2. The molecule has 0 aliphatic carbocycles. The quantitative estimate of drug-likeness (QED) is 0.265. The number of benzene rings is 1. The Hall–Kier alpha value is -1.84. The van der Waals surface area contributed by atoms with Gasteiger partial charge in [-0.05, 0) is 0 Å². The number of rotatable bonds is 10. The van der Waals surface area contributed by atoms with Gasteiger partial charge in [0, 0.05) is 0 Å².